The second-order valence-electron chi connectivity index (χ2n) is 2.99. The summed E-state index contributed by atoms with van der Waals surface area (Å²) < 4.78 is 5.05. The molecule has 0 atom stereocenters. The maximum absolute atomic E-state index is 11.2. The summed E-state index contributed by atoms with van der Waals surface area (Å²) in [5.41, 5.74) is 5.50. The first kappa shape index (κ1) is 12.6. The van der Waals surface area contributed by atoms with Gasteiger partial charge in [0.05, 0.1) is 12.8 Å². The Morgan fingerprint density at radius 3 is 2.65 bits per heavy atom. The van der Waals surface area contributed by atoms with Crippen molar-refractivity contribution >= 4 is 17.6 Å². The fourth-order valence-corrected chi connectivity index (χ4v) is 1.07. The summed E-state index contributed by atoms with van der Waals surface area (Å²) in [6, 6.07) is 6.99. The molecule has 0 unspecified atom stereocenters. The molecular formula is C11H12N2O4. The van der Waals surface area contributed by atoms with E-state index >= 15 is 0 Å². The Hall–Kier alpha value is -2.50. The smallest absolute Gasteiger partial charge is 0.328 e. The predicted molar refractivity (Wildman–Crippen MR) is 61.5 cm³/mol. The van der Waals surface area contributed by atoms with Gasteiger partial charge in [0.1, 0.15) is 5.75 Å². The van der Waals surface area contributed by atoms with Crippen molar-refractivity contribution in [3.05, 3.63) is 36.4 Å². The van der Waals surface area contributed by atoms with Crippen molar-refractivity contribution in [1.29, 1.82) is 0 Å². The first-order valence-electron chi connectivity index (χ1n) is 4.73. The van der Waals surface area contributed by atoms with Crippen molar-refractivity contribution in [2.24, 2.45) is 0 Å². The fourth-order valence-electron chi connectivity index (χ4n) is 1.07. The van der Waals surface area contributed by atoms with Crippen molar-refractivity contribution in [1.82, 2.24) is 5.43 Å². The van der Waals surface area contributed by atoms with E-state index in [4.69, 9.17) is 9.84 Å². The van der Waals surface area contributed by atoms with Gasteiger partial charge >= 0.3 is 5.97 Å². The van der Waals surface area contributed by atoms with E-state index < -0.39 is 11.9 Å². The lowest BCUT2D eigenvalue weighted by atomic mass is 10.3. The molecule has 3 N–H and O–H groups in total. The van der Waals surface area contributed by atoms with Crippen molar-refractivity contribution < 1.29 is 19.4 Å². The van der Waals surface area contributed by atoms with Crippen molar-refractivity contribution in [3.8, 4) is 5.75 Å². The Morgan fingerprint density at radius 1 is 1.29 bits per heavy atom. The molecule has 1 aromatic carbocycles. The molecule has 6 heteroatoms. The van der Waals surface area contributed by atoms with E-state index in [1.807, 2.05) is 0 Å². The predicted octanol–water partition coefficient (Wildman–Crippen LogP) is 0.779. The lowest BCUT2D eigenvalue weighted by Crippen LogP contribution is -2.27. The number of para-hydroxylation sites is 2. The van der Waals surface area contributed by atoms with Crippen LogP contribution < -0.4 is 15.6 Å². The number of anilines is 1. The van der Waals surface area contributed by atoms with Crippen LogP contribution in [0.15, 0.2) is 36.4 Å². The van der Waals surface area contributed by atoms with Gasteiger partial charge < -0.3 is 9.84 Å². The normalized spacial score (nSPS) is 9.94. The Morgan fingerprint density at radius 2 is 2.00 bits per heavy atom. The zero-order valence-corrected chi connectivity index (χ0v) is 9.14. The molecular weight excluding hydrogens is 224 g/mol. The topological polar surface area (TPSA) is 87.7 Å². The number of hydrazine groups is 1. The molecule has 0 aromatic heterocycles. The highest BCUT2D eigenvalue weighted by atomic mass is 16.5. The molecule has 0 radical (unpaired) electrons. The minimum Gasteiger partial charge on any atom is -0.495 e. The number of carboxylic acids is 1. The monoisotopic (exact) mass is 236 g/mol. The van der Waals surface area contributed by atoms with Crippen LogP contribution in [0.3, 0.4) is 0 Å². The Labute approximate surface area is 97.9 Å². The van der Waals surface area contributed by atoms with Gasteiger partial charge in [0.25, 0.3) is 5.91 Å². The van der Waals surface area contributed by atoms with E-state index in [1.54, 1.807) is 24.3 Å². The second kappa shape index (κ2) is 6.16. The van der Waals surface area contributed by atoms with E-state index in [-0.39, 0.29) is 0 Å². The number of aliphatic carboxylic acids is 1. The number of amides is 1. The molecule has 0 heterocycles. The maximum Gasteiger partial charge on any atom is 0.328 e. The standard InChI is InChI=1S/C11H12N2O4/c1-17-9-5-3-2-4-8(9)12-13-10(14)6-7-11(15)16/h2-7,12H,1H3,(H,13,14)(H,15,16)/b7-6-. The van der Waals surface area contributed by atoms with Crippen molar-refractivity contribution in [3.63, 3.8) is 0 Å². The van der Waals surface area contributed by atoms with Crippen LogP contribution in [0, 0.1) is 0 Å². The molecule has 1 rings (SSSR count). The van der Waals surface area contributed by atoms with E-state index in [2.05, 4.69) is 10.9 Å². The number of nitrogens with one attached hydrogen (secondary N) is 2. The van der Waals surface area contributed by atoms with Gasteiger partial charge in [0.2, 0.25) is 0 Å². The van der Waals surface area contributed by atoms with Crippen LogP contribution in [0.1, 0.15) is 0 Å². The second-order valence-corrected chi connectivity index (χ2v) is 2.99. The molecule has 1 amide bonds. The molecule has 17 heavy (non-hydrogen) atoms. The minimum atomic E-state index is -1.18. The average Bonchev–Trinajstić information content (AvgIpc) is 2.34. The van der Waals surface area contributed by atoms with Crippen LogP contribution >= 0.6 is 0 Å². The first-order chi connectivity index (χ1) is 8.13. The number of hydrogen-bond donors (Lipinski definition) is 3. The minimum absolute atomic E-state index is 0.565. The lowest BCUT2D eigenvalue weighted by molar-refractivity contribution is -0.131. The molecule has 0 aliphatic rings. The number of carbonyl (C=O) groups is 2. The number of carboxylic acid groups (broad SMARTS) is 1. The summed E-state index contributed by atoms with van der Waals surface area (Å²) in [5.74, 6) is -1.19. The highest BCUT2D eigenvalue weighted by Gasteiger charge is 2.01. The van der Waals surface area contributed by atoms with Crippen LogP contribution in [0.4, 0.5) is 5.69 Å². The zero-order valence-electron chi connectivity index (χ0n) is 9.14. The number of ether oxygens (including phenoxy) is 1. The van der Waals surface area contributed by atoms with E-state index in [1.165, 1.54) is 7.11 Å². The molecule has 0 aliphatic carbocycles. The number of rotatable bonds is 5. The van der Waals surface area contributed by atoms with E-state index in [0.717, 1.165) is 12.2 Å². The van der Waals surface area contributed by atoms with Gasteiger partial charge in [-0.3, -0.25) is 15.6 Å². The number of carbonyl (C=O) groups excluding carboxylic acids is 1. The molecule has 1 aromatic rings. The third kappa shape index (κ3) is 4.25. The third-order valence-corrected chi connectivity index (χ3v) is 1.80. The summed E-state index contributed by atoms with van der Waals surface area (Å²) in [6.07, 6.45) is 1.66. The molecule has 0 saturated heterocycles. The highest BCUT2D eigenvalue weighted by molar-refractivity contribution is 5.94. The molecule has 90 valence electrons. The van der Waals surface area contributed by atoms with Crippen molar-refractivity contribution in [2.45, 2.75) is 0 Å². The molecule has 0 saturated carbocycles. The summed E-state index contributed by atoms with van der Waals surface area (Å²) in [4.78, 5) is 21.3. The Kier molecular flexibility index (Phi) is 4.56. The summed E-state index contributed by atoms with van der Waals surface area (Å²) in [7, 11) is 1.51. The SMILES string of the molecule is COc1ccccc1NNC(=O)/C=C\C(=O)O. The van der Waals surface area contributed by atoms with Crippen LogP contribution in [0.2, 0.25) is 0 Å². The quantitative estimate of drug-likeness (QED) is 0.519. The molecule has 0 bridgehead atoms. The molecule has 0 aliphatic heterocycles. The largest absolute Gasteiger partial charge is 0.495 e. The zero-order chi connectivity index (χ0) is 12.7. The van der Waals surface area contributed by atoms with Gasteiger partial charge in [0, 0.05) is 12.2 Å². The van der Waals surface area contributed by atoms with Crippen molar-refractivity contribution in [2.75, 3.05) is 12.5 Å². The van der Waals surface area contributed by atoms with E-state index in [9.17, 15) is 9.59 Å². The third-order valence-electron chi connectivity index (χ3n) is 1.80. The summed E-state index contributed by atoms with van der Waals surface area (Å²) >= 11 is 0. The summed E-state index contributed by atoms with van der Waals surface area (Å²) in [6.45, 7) is 0. The van der Waals surface area contributed by atoms with Gasteiger partial charge in [-0.05, 0) is 12.1 Å². The first-order valence-corrected chi connectivity index (χ1v) is 4.73. The highest BCUT2D eigenvalue weighted by Crippen LogP contribution is 2.21. The Balaban J connectivity index is 2.55. The summed E-state index contributed by atoms with van der Waals surface area (Å²) in [5, 5.41) is 8.32. The fraction of sp³-hybridized carbons (Fsp3) is 0.0909. The van der Waals surface area contributed by atoms with Crippen LogP contribution in [-0.2, 0) is 9.59 Å². The van der Waals surface area contributed by atoms with Gasteiger partial charge in [-0.2, -0.15) is 0 Å². The Bertz CT molecular complexity index is 443. The van der Waals surface area contributed by atoms with Gasteiger partial charge in [-0.25, -0.2) is 4.79 Å². The van der Waals surface area contributed by atoms with Crippen LogP contribution in [-0.4, -0.2) is 24.1 Å². The van der Waals surface area contributed by atoms with Crippen LogP contribution in [0.25, 0.3) is 0 Å². The molecule has 0 spiro atoms. The maximum atomic E-state index is 11.2. The number of hydrogen-bond acceptors (Lipinski definition) is 4. The number of methoxy groups -OCH3 is 1. The van der Waals surface area contributed by atoms with Gasteiger partial charge in [-0.1, -0.05) is 12.1 Å². The van der Waals surface area contributed by atoms with Crippen LogP contribution in [0.5, 0.6) is 5.75 Å². The average molecular weight is 236 g/mol. The molecule has 6 nitrogen and oxygen atoms in total. The number of benzene rings is 1. The molecule has 0 fully saturated rings. The van der Waals surface area contributed by atoms with Gasteiger partial charge in [0.15, 0.2) is 0 Å². The lowest BCUT2D eigenvalue weighted by Gasteiger charge is -2.10. The van der Waals surface area contributed by atoms with E-state index in [0.29, 0.717) is 11.4 Å². The van der Waals surface area contributed by atoms with Gasteiger partial charge in [-0.15, -0.1) is 0 Å².